The summed E-state index contributed by atoms with van der Waals surface area (Å²) in [6.45, 7) is 3.21. The highest BCUT2D eigenvalue weighted by Gasteiger charge is 2.40. The zero-order chi connectivity index (χ0) is 36.8. The van der Waals surface area contributed by atoms with Crippen molar-refractivity contribution < 1.29 is 45.1 Å². The van der Waals surface area contributed by atoms with Gasteiger partial charge in [0.1, 0.15) is 9.79 Å². The van der Waals surface area contributed by atoms with Crippen LogP contribution in [0.2, 0.25) is 0 Å². The first-order valence-electron chi connectivity index (χ1n) is 15.7. The fourth-order valence-electron chi connectivity index (χ4n) is 7.73. The highest BCUT2D eigenvalue weighted by molar-refractivity contribution is 7.86. The number of fused-ring (bicyclic) bond motifs is 2. The highest BCUT2D eigenvalue weighted by Crippen LogP contribution is 2.47. The number of benzene rings is 7. The number of hydrogen-bond acceptors (Lipinski definition) is 8. The second kappa shape index (κ2) is 10.3. The molecule has 256 valence electrons. The zero-order valence-corrected chi connectivity index (χ0v) is 28.6. The molecule has 12 nitrogen and oxygen atoms in total. The van der Waals surface area contributed by atoms with Crippen LogP contribution in [0.15, 0.2) is 94.7 Å². The summed E-state index contributed by atoms with van der Waals surface area (Å²) in [7, 11) is -9.65. The van der Waals surface area contributed by atoms with Crippen LogP contribution in [0, 0.1) is 13.8 Å². The first-order valence-corrected chi connectivity index (χ1v) is 18.6. The fraction of sp³-hybridized carbons (Fsp3) is 0.0526. The van der Waals surface area contributed by atoms with E-state index in [1.807, 2.05) is 0 Å². The van der Waals surface area contributed by atoms with Gasteiger partial charge in [0.05, 0.1) is 11.4 Å². The SMILES string of the molecule is Cc1ccc(N2C(=O)c3ccc4c5ccc6c7c(ccc(c8ccc(c3c48)C2=O)c75)C(=O)N(c2ccc(C)cc2S(=O)(=O)O)C6=O)c(S(=O)(=O)O)c1. The Morgan fingerprint density at radius 1 is 0.423 bits per heavy atom. The van der Waals surface area contributed by atoms with Gasteiger partial charge in [0.2, 0.25) is 0 Å². The van der Waals surface area contributed by atoms with Crippen molar-refractivity contribution in [2.45, 2.75) is 23.6 Å². The van der Waals surface area contributed by atoms with Gasteiger partial charge in [0.25, 0.3) is 43.9 Å². The van der Waals surface area contributed by atoms with Gasteiger partial charge < -0.3 is 0 Å². The van der Waals surface area contributed by atoms with Crippen LogP contribution < -0.4 is 9.80 Å². The fourth-order valence-corrected chi connectivity index (χ4v) is 9.25. The van der Waals surface area contributed by atoms with Gasteiger partial charge >= 0.3 is 0 Å². The molecule has 0 spiro atoms. The molecule has 0 fully saturated rings. The van der Waals surface area contributed by atoms with Gasteiger partial charge in [-0.05, 0) is 106 Å². The van der Waals surface area contributed by atoms with Crippen LogP contribution in [-0.2, 0) is 20.2 Å². The maximum atomic E-state index is 14.1. The van der Waals surface area contributed by atoms with Gasteiger partial charge in [-0.25, -0.2) is 9.80 Å². The van der Waals surface area contributed by atoms with Crippen molar-refractivity contribution in [1.82, 2.24) is 0 Å². The summed E-state index contributed by atoms with van der Waals surface area (Å²) in [4.78, 5) is 56.7. The largest absolute Gasteiger partial charge is 0.296 e. The zero-order valence-electron chi connectivity index (χ0n) is 27.0. The summed E-state index contributed by atoms with van der Waals surface area (Å²) in [5.74, 6) is -3.16. The summed E-state index contributed by atoms with van der Waals surface area (Å²) in [6, 6.07) is 20.9. The lowest BCUT2D eigenvalue weighted by Crippen LogP contribution is -2.41. The Morgan fingerprint density at radius 3 is 0.981 bits per heavy atom. The van der Waals surface area contributed by atoms with E-state index in [0.29, 0.717) is 54.2 Å². The summed E-state index contributed by atoms with van der Waals surface area (Å²) < 4.78 is 69.3. The molecule has 0 saturated heterocycles. The van der Waals surface area contributed by atoms with Crippen molar-refractivity contribution in [1.29, 1.82) is 0 Å². The topological polar surface area (TPSA) is 184 Å². The van der Waals surface area contributed by atoms with Gasteiger partial charge in [0, 0.05) is 33.0 Å². The van der Waals surface area contributed by atoms with Gasteiger partial charge in [-0.3, -0.25) is 28.3 Å². The van der Waals surface area contributed by atoms with E-state index in [4.69, 9.17) is 0 Å². The molecular formula is C38H22N2O10S2. The van der Waals surface area contributed by atoms with Gasteiger partial charge in [-0.1, -0.05) is 36.4 Å². The Kier molecular flexibility index (Phi) is 6.29. The monoisotopic (exact) mass is 730 g/mol. The quantitative estimate of drug-likeness (QED) is 0.0883. The van der Waals surface area contributed by atoms with Gasteiger partial charge in [0.15, 0.2) is 0 Å². The first-order chi connectivity index (χ1) is 24.6. The van der Waals surface area contributed by atoms with E-state index in [0.717, 1.165) is 9.80 Å². The number of rotatable bonds is 4. The third-order valence-electron chi connectivity index (χ3n) is 9.90. The van der Waals surface area contributed by atoms with Crippen molar-refractivity contribution in [3.05, 3.63) is 118 Å². The Hall–Kier alpha value is -6.06. The molecule has 2 heterocycles. The first kappa shape index (κ1) is 31.9. The van der Waals surface area contributed by atoms with Crippen LogP contribution in [-0.4, -0.2) is 49.6 Å². The van der Waals surface area contributed by atoms with Gasteiger partial charge in [-0.2, -0.15) is 16.8 Å². The van der Waals surface area contributed by atoms with Crippen molar-refractivity contribution in [3.8, 4) is 0 Å². The van der Waals surface area contributed by atoms with Crippen LogP contribution in [0.25, 0.3) is 43.1 Å². The predicted octanol–water partition coefficient (Wildman–Crippen LogP) is 6.45. The van der Waals surface area contributed by atoms with Crippen LogP contribution in [0.4, 0.5) is 11.4 Å². The Bertz CT molecular complexity index is 2800. The van der Waals surface area contributed by atoms with E-state index in [9.17, 15) is 45.1 Å². The molecule has 0 unspecified atom stereocenters. The van der Waals surface area contributed by atoms with Crippen molar-refractivity contribution in [2.75, 3.05) is 9.80 Å². The van der Waals surface area contributed by atoms with E-state index < -0.39 is 53.7 Å². The molecule has 7 aromatic rings. The van der Waals surface area contributed by atoms with Crippen molar-refractivity contribution >= 4 is 98.3 Å². The smallest absolute Gasteiger partial charge is 0.282 e. The minimum atomic E-state index is -4.82. The second-order valence-electron chi connectivity index (χ2n) is 12.9. The minimum absolute atomic E-state index is 0.125. The number of imide groups is 2. The summed E-state index contributed by atoms with van der Waals surface area (Å²) in [6.07, 6.45) is 0. The number of anilines is 2. The molecule has 4 amide bonds. The molecule has 0 aliphatic carbocycles. The van der Waals surface area contributed by atoms with Crippen LogP contribution in [0.5, 0.6) is 0 Å². The maximum absolute atomic E-state index is 14.1. The molecule has 2 aliphatic rings. The van der Waals surface area contributed by atoms with Crippen molar-refractivity contribution in [2.24, 2.45) is 0 Å². The number of nitrogens with zero attached hydrogens (tertiary/aromatic N) is 2. The Balaban J connectivity index is 1.28. The molecule has 2 N–H and O–H groups in total. The number of aryl methyl sites for hydroxylation is 2. The highest BCUT2D eigenvalue weighted by atomic mass is 32.2. The lowest BCUT2D eigenvalue weighted by Gasteiger charge is -2.31. The summed E-state index contributed by atoms with van der Waals surface area (Å²) >= 11 is 0. The Labute approximate surface area is 294 Å². The average molecular weight is 731 g/mol. The molecular weight excluding hydrogens is 709 g/mol. The number of hydrogen-bond donors (Lipinski definition) is 2. The molecule has 0 atom stereocenters. The molecule has 0 bridgehead atoms. The molecule has 7 aromatic carbocycles. The third kappa shape index (κ3) is 4.14. The van der Waals surface area contributed by atoms with Crippen LogP contribution in [0.1, 0.15) is 52.6 Å². The summed E-state index contributed by atoms with van der Waals surface area (Å²) in [5, 5.41) is 4.28. The minimum Gasteiger partial charge on any atom is -0.282 e. The van der Waals surface area contributed by atoms with E-state index in [1.165, 1.54) is 60.7 Å². The standard InChI is InChI=1S/C38H22N2O10S2/c1-17-3-13-27(29(15-17)51(45,46)47)39-35(41)23-9-5-19-21-7-11-25-34-26(12-8-22(32(21)34)20-6-10-24(36(39)42)33(23)31(19)20)38(44)40(37(25)43)28-14-4-18(2)16-30(28)52(48,49)50/h3-16H,1-2H3,(H,45,46,47)(H,48,49,50). The molecule has 0 radical (unpaired) electrons. The van der Waals surface area contributed by atoms with E-state index in [-0.39, 0.29) is 33.6 Å². The lowest BCUT2D eigenvalue weighted by atomic mass is 9.82. The van der Waals surface area contributed by atoms with E-state index in [1.54, 1.807) is 38.1 Å². The number of amides is 4. The molecule has 9 rings (SSSR count). The maximum Gasteiger partial charge on any atom is 0.296 e. The number of carbonyl (C=O) groups is 4. The number of carbonyl (C=O) groups excluding carboxylic acids is 4. The van der Waals surface area contributed by atoms with Crippen LogP contribution >= 0.6 is 0 Å². The predicted molar refractivity (Wildman–Crippen MR) is 192 cm³/mol. The molecule has 0 saturated carbocycles. The molecule has 52 heavy (non-hydrogen) atoms. The molecule has 2 aliphatic heterocycles. The molecule has 14 heteroatoms. The van der Waals surface area contributed by atoms with E-state index >= 15 is 0 Å². The lowest BCUT2D eigenvalue weighted by molar-refractivity contribution is 0.0877. The molecule has 0 aromatic heterocycles. The van der Waals surface area contributed by atoms with E-state index in [2.05, 4.69) is 0 Å². The normalized spacial score (nSPS) is 14.9. The second-order valence-corrected chi connectivity index (χ2v) is 15.7. The average Bonchev–Trinajstić information content (AvgIpc) is 3.09. The van der Waals surface area contributed by atoms with Gasteiger partial charge in [-0.15, -0.1) is 0 Å². The third-order valence-corrected chi connectivity index (χ3v) is 11.7. The Morgan fingerprint density at radius 2 is 0.712 bits per heavy atom. The van der Waals surface area contributed by atoms with Crippen molar-refractivity contribution in [3.63, 3.8) is 0 Å². The summed E-state index contributed by atoms with van der Waals surface area (Å²) in [5.41, 5.74) is 0.897. The van der Waals surface area contributed by atoms with Crippen LogP contribution in [0.3, 0.4) is 0 Å².